The van der Waals surface area contributed by atoms with E-state index in [0.717, 1.165) is 37.7 Å². The second kappa shape index (κ2) is 8.76. The van der Waals surface area contributed by atoms with Crippen LogP contribution in [-0.4, -0.2) is 62.5 Å². The van der Waals surface area contributed by atoms with Gasteiger partial charge in [-0.15, -0.1) is 0 Å². The lowest BCUT2D eigenvalue weighted by Gasteiger charge is -2.34. The fourth-order valence-corrected chi connectivity index (χ4v) is 4.61. The molecule has 1 saturated carbocycles. The van der Waals surface area contributed by atoms with Gasteiger partial charge in [0.2, 0.25) is 5.91 Å². The van der Waals surface area contributed by atoms with Crippen molar-refractivity contribution in [2.24, 2.45) is 0 Å². The van der Waals surface area contributed by atoms with Gasteiger partial charge in [0.15, 0.2) is 5.69 Å². The van der Waals surface area contributed by atoms with E-state index in [0.29, 0.717) is 38.3 Å². The van der Waals surface area contributed by atoms with Crippen LogP contribution in [0.15, 0.2) is 36.4 Å². The fourth-order valence-electron chi connectivity index (χ4n) is 4.61. The first-order valence-electron chi connectivity index (χ1n) is 11.6. The third-order valence-corrected chi connectivity index (χ3v) is 6.51. The van der Waals surface area contributed by atoms with Crippen molar-refractivity contribution in [2.75, 3.05) is 13.1 Å². The minimum Gasteiger partial charge on any atom is -0.352 e. The minimum absolute atomic E-state index is 0.0635. The van der Waals surface area contributed by atoms with Crippen molar-refractivity contribution in [3.63, 3.8) is 0 Å². The Hall–Kier alpha value is -3.16. The van der Waals surface area contributed by atoms with Crippen molar-refractivity contribution < 1.29 is 14.4 Å². The van der Waals surface area contributed by atoms with E-state index < -0.39 is 6.04 Å². The molecule has 1 aliphatic carbocycles. The maximum Gasteiger partial charge on any atom is 0.275 e. The lowest BCUT2D eigenvalue weighted by molar-refractivity contribution is -0.126. The molecule has 3 aliphatic rings. The number of benzene rings is 1. The molecule has 1 aromatic carbocycles. The van der Waals surface area contributed by atoms with Gasteiger partial charge in [0.1, 0.15) is 11.7 Å². The molecule has 0 radical (unpaired) electrons. The fraction of sp³-hybridized carbons (Fsp3) is 0.500. The number of likely N-dealkylation sites (tertiary alicyclic amines) is 1. The van der Waals surface area contributed by atoms with Crippen molar-refractivity contribution in [3.05, 3.63) is 53.3 Å². The average Bonchev–Trinajstić information content (AvgIpc) is 3.56. The molecule has 2 aliphatic heterocycles. The molecule has 168 valence electrons. The Bertz CT molecular complexity index is 1010. The molecular formula is C24H29N5O3. The summed E-state index contributed by atoms with van der Waals surface area (Å²) in [5.41, 5.74) is 1.77. The van der Waals surface area contributed by atoms with Crippen LogP contribution in [0.4, 0.5) is 0 Å². The summed E-state index contributed by atoms with van der Waals surface area (Å²) in [7, 11) is 0. The highest BCUT2D eigenvalue weighted by molar-refractivity contribution is 5.99. The van der Waals surface area contributed by atoms with Crippen molar-refractivity contribution >= 4 is 17.7 Å². The summed E-state index contributed by atoms with van der Waals surface area (Å²) >= 11 is 0. The summed E-state index contributed by atoms with van der Waals surface area (Å²) in [4.78, 5) is 42.8. The van der Waals surface area contributed by atoms with Gasteiger partial charge in [-0.05, 0) is 44.1 Å². The monoisotopic (exact) mass is 435 g/mol. The molecule has 5 rings (SSSR count). The second-order valence-electron chi connectivity index (χ2n) is 9.00. The molecule has 3 amide bonds. The SMILES string of the molecule is O=C(NC1CC1)[C@H]1CCCCN1C(=O)c1cc2n(n1)CCCN(Cc1ccccc1)C2=O. The van der Waals surface area contributed by atoms with E-state index in [2.05, 4.69) is 10.4 Å². The van der Waals surface area contributed by atoms with Gasteiger partial charge in [0, 0.05) is 38.3 Å². The van der Waals surface area contributed by atoms with E-state index in [1.807, 2.05) is 35.2 Å². The van der Waals surface area contributed by atoms with Crippen LogP contribution in [0.25, 0.3) is 0 Å². The topological polar surface area (TPSA) is 87.5 Å². The Morgan fingerprint density at radius 2 is 1.81 bits per heavy atom. The number of nitrogens with one attached hydrogen (secondary N) is 1. The number of aryl methyl sites for hydroxylation is 1. The molecule has 1 N–H and O–H groups in total. The smallest absolute Gasteiger partial charge is 0.275 e. The van der Waals surface area contributed by atoms with Crippen LogP contribution in [0.2, 0.25) is 0 Å². The van der Waals surface area contributed by atoms with Crippen LogP contribution in [0.3, 0.4) is 0 Å². The molecule has 1 saturated heterocycles. The molecule has 8 heteroatoms. The molecular weight excluding hydrogens is 406 g/mol. The number of aromatic nitrogens is 2. The third kappa shape index (κ3) is 4.26. The number of amides is 3. The Morgan fingerprint density at radius 1 is 1.00 bits per heavy atom. The highest BCUT2D eigenvalue weighted by Gasteiger charge is 2.37. The lowest BCUT2D eigenvalue weighted by Crippen LogP contribution is -2.52. The van der Waals surface area contributed by atoms with Gasteiger partial charge in [-0.2, -0.15) is 5.10 Å². The van der Waals surface area contributed by atoms with Gasteiger partial charge in [-0.25, -0.2) is 0 Å². The molecule has 2 fully saturated rings. The number of carbonyl (C=O) groups excluding carboxylic acids is 3. The minimum atomic E-state index is -0.455. The Balaban J connectivity index is 1.34. The van der Waals surface area contributed by atoms with Crippen LogP contribution in [-0.2, 0) is 17.9 Å². The van der Waals surface area contributed by atoms with Gasteiger partial charge in [-0.1, -0.05) is 30.3 Å². The zero-order chi connectivity index (χ0) is 22.1. The molecule has 1 aromatic heterocycles. The largest absolute Gasteiger partial charge is 0.352 e. The van der Waals surface area contributed by atoms with E-state index >= 15 is 0 Å². The molecule has 0 bridgehead atoms. The van der Waals surface area contributed by atoms with E-state index in [4.69, 9.17) is 0 Å². The summed E-state index contributed by atoms with van der Waals surface area (Å²) in [5, 5.41) is 7.52. The summed E-state index contributed by atoms with van der Waals surface area (Å²) < 4.78 is 1.66. The van der Waals surface area contributed by atoms with Crippen LogP contribution >= 0.6 is 0 Å². The van der Waals surface area contributed by atoms with Crippen LogP contribution in [0.1, 0.15) is 65.1 Å². The van der Waals surface area contributed by atoms with Crippen molar-refractivity contribution in [3.8, 4) is 0 Å². The third-order valence-electron chi connectivity index (χ3n) is 6.51. The lowest BCUT2D eigenvalue weighted by atomic mass is 10.0. The summed E-state index contributed by atoms with van der Waals surface area (Å²) in [6, 6.07) is 11.3. The normalized spacial score (nSPS) is 21.1. The van der Waals surface area contributed by atoms with Gasteiger partial charge in [0.25, 0.3) is 11.8 Å². The summed E-state index contributed by atoms with van der Waals surface area (Å²) in [6.07, 6.45) is 5.28. The van der Waals surface area contributed by atoms with Gasteiger partial charge >= 0.3 is 0 Å². The van der Waals surface area contributed by atoms with Crippen LogP contribution in [0.5, 0.6) is 0 Å². The maximum atomic E-state index is 13.3. The van der Waals surface area contributed by atoms with Gasteiger partial charge < -0.3 is 15.1 Å². The number of hydrogen-bond acceptors (Lipinski definition) is 4. The Labute approximate surface area is 187 Å². The number of hydrogen-bond donors (Lipinski definition) is 1. The highest BCUT2D eigenvalue weighted by Crippen LogP contribution is 2.24. The predicted octanol–water partition coefficient (Wildman–Crippen LogP) is 2.20. The Morgan fingerprint density at radius 3 is 2.59 bits per heavy atom. The standard InChI is InChI=1S/C24H29N5O3/c30-22(25-18-10-11-18)20-9-4-5-13-28(20)23(31)19-15-21-24(32)27(12-6-14-29(21)26-19)16-17-7-2-1-3-8-17/h1-3,7-8,15,18,20H,4-6,9-14,16H2,(H,25,30)/t20-/m1/s1. The molecule has 1 atom stereocenters. The molecule has 2 aromatic rings. The summed E-state index contributed by atoms with van der Waals surface area (Å²) in [5.74, 6) is -0.436. The first-order valence-corrected chi connectivity index (χ1v) is 11.6. The highest BCUT2D eigenvalue weighted by atomic mass is 16.2. The maximum absolute atomic E-state index is 13.3. The number of carbonyl (C=O) groups is 3. The zero-order valence-electron chi connectivity index (χ0n) is 18.2. The first-order chi connectivity index (χ1) is 15.6. The quantitative estimate of drug-likeness (QED) is 0.780. The number of fused-ring (bicyclic) bond motifs is 1. The molecule has 8 nitrogen and oxygen atoms in total. The average molecular weight is 436 g/mol. The van der Waals surface area contributed by atoms with E-state index in [1.165, 1.54) is 0 Å². The van der Waals surface area contributed by atoms with Crippen molar-refractivity contribution in [1.29, 1.82) is 0 Å². The molecule has 3 heterocycles. The second-order valence-corrected chi connectivity index (χ2v) is 9.00. The van der Waals surface area contributed by atoms with Gasteiger partial charge in [0.05, 0.1) is 0 Å². The number of piperidine rings is 1. The molecule has 0 spiro atoms. The number of rotatable bonds is 5. The predicted molar refractivity (Wildman–Crippen MR) is 118 cm³/mol. The number of nitrogens with zero attached hydrogens (tertiary/aromatic N) is 4. The van der Waals surface area contributed by atoms with Crippen molar-refractivity contribution in [1.82, 2.24) is 24.9 Å². The van der Waals surface area contributed by atoms with Crippen molar-refractivity contribution in [2.45, 2.75) is 63.7 Å². The van der Waals surface area contributed by atoms with Crippen LogP contribution in [0, 0.1) is 0 Å². The summed E-state index contributed by atoms with van der Waals surface area (Å²) in [6.45, 7) is 2.31. The molecule has 0 unspecified atom stereocenters. The van der Waals surface area contributed by atoms with Gasteiger partial charge in [-0.3, -0.25) is 19.1 Å². The molecule has 32 heavy (non-hydrogen) atoms. The zero-order valence-corrected chi connectivity index (χ0v) is 18.2. The Kier molecular flexibility index (Phi) is 5.68. The van der Waals surface area contributed by atoms with E-state index in [1.54, 1.807) is 15.6 Å². The van der Waals surface area contributed by atoms with E-state index in [9.17, 15) is 14.4 Å². The van der Waals surface area contributed by atoms with E-state index in [-0.39, 0.29) is 29.5 Å². The first kappa shape index (κ1) is 20.7. The van der Waals surface area contributed by atoms with Crippen LogP contribution < -0.4 is 5.32 Å².